The van der Waals surface area contributed by atoms with Crippen LogP contribution in [0.25, 0.3) is 0 Å². The molecule has 0 unspecified atom stereocenters. The normalized spacial score (nSPS) is 14.7. The molecular weight excluding hydrogens is 381 g/mol. The topological polar surface area (TPSA) is 88.2 Å². The number of hydrogen-bond donors (Lipinski definition) is 3. The molecule has 2 rings (SSSR count). The first-order valence-electron chi connectivity index (χ1n) is 10.6. The number of nitrogens with two attached hydrogens (primary N) is 1. The number of amides is 1. The number of aromatic nitrogens is 1. The molecule has 1 aromatic carbocycles. The first-order valence-corrected chi connectivity index (χ1v) is 10.6. The van der Waals surface area contributed by atoms with E-state index in [0.717, 1.165) is 11.1 Å². The van der Waals surface area contributed by atoms with Gasteiger partial charge >= 0.3 is 0 Å². The fourth-order valence-corrected chi connectivity index (χ4v) is 3.38. The van der Waals surface area contributed by atoms with Gasteiger partial charge in [0.1, 0.15) is 5.67 Å². The number of nitrogens with zero attached hydrogens (tertiary/aromatic N) is 1. The van der Waals surface area contributed by atoms with E-state index in [4.69, 9.17) is 5.73 Å². The Bertz CT molecular complexity index is 750. The van der Waals surface area contributed by atoms with Crippen molar-refractivity contribution in [3.8, 4) is 0 Å². The van der Waals surface area contributed by atoms with E-state index >= 15 is 0 Å². The van der Waals surface area contributed by atoms with Crippen molar-refractivity contribution in [2.75, 3.05) is 6.54 Å². The summed E-state index contributed by atoms with van der Waals surface area (Å²) in [7, 11) is 0. The van der Waals surface area contributed by atoms with Gasteiger partial charge in [0.2, 0.25) is 5.91 Å². The third-order valence-corrected chi connectivity index (χ3v) is 5.23. The molecule has 0 spiro atoms. The average molecular weight is 416 g/mol. The fourth-order valence-electron chi connectivity index (χ4n) is 3.38. The minimum absolute atomic E-state index is 0.172. The van der Waals surface area contributed by atoms with Crippen molar-refractivity contribution in [2.45, 2.75) is 63.8 Å². The molecule has 1 heterocycles. The highest BCUT2D eigenvalue weighted by Crippen LogP contribution is 2.24. The molecule has 0 aliphatic rings. The van der Waals surface area contributed by atoms with Gasteiger partial charge in [-0.1, -0.05) is 36.4 Å². The molecule has 0 aliphatic carbocycles. The van der Waals surface area contributed by atoms with Gasteiger partial charge in [-0.2, -0.15) is 0 Å². The molecule has 30 heavy (non-hydrogen) atoms. The molecule has 1 aromatic heterocycles. The number of nitrogens with one attached hydrogen (secondary N) is 1. The van der Waals surface area contributed by atoms with E-state index in [1.165, 1.54) is 13.8 Å². The van der Waals surface area contributed by atoms with Crippen molar-refractivity contribution in [3.05, 3.63) is 66.0 Å². The smallest absolute Gasteiger partial charge is 0.223 e. The lowest BCUT2D eigenvalue weighted by Crippen LogP contribution is -2.41. The minimum Gasteiger partial charge on any atom is -0.391 e. The van der Waals surface area contributed by atoms with Gasteiger partial charge in [-0.15, -0.1) is 0 Å². The Balaban J connectivity index is 1.92. The maximum Gasteiger partial charge on any atom is 0.223 e. The van der Waals surface area contributed by atoms with Crippen LogP contribution in [0.5, 0.6) is 0 Å². The van der Waals surface area contributed by atoms with Crippen LogP contribution < -0.4 is 11.1 Å². The maximum atomic E-state index is 14.0. The Kier molecular flexibility index (Phi) is 9.40. The third-order valence-electron chi connectivity index (χ3n) is 5.23. The second kappa shape index (κ2) is 11.8. The molecule has 1 amide bonds. The monoisotopic (exact) mass is 415 g/mol. The number of rotatable bonds is 12. The number of benzene rings is 1. The molecule has 6 heteroatoms. The second-order valence-electron chi connectivity index (χ2n) is 8.51. The van der Waals surface area contributed by atoms with Gasteiger partial charge in [0.05, 0.1) is 6.10 Å². The van der Waals surface area contributed by atoms with Crippen molar-refractivity contribution < 1.29 is 14.3 Å². The van der Waals surface area contributed by atoms with Crippen molar-refractivity contribution >= 4 is 5.91 Å². The van der Waals surface area contributed by atoms with Gasteiger partial charge in [-0.3, -0.25) is 9.78 Å². The number of halogens is 1. The summed E-state index contributed by atoms with van der Waals surface area (Å²) in [6, 6.07) is 13.0. The van der Waals surface area contributed by atoms with Crippen molar-refractivity contribution in [1.29, 1.82) is 0 Å². The zero-order valence-corrected chi connectivity index (χ0v) is 17.9. The van der Waals surface area contributed by atoms with Crippen LogP contribution in [0.1, 0.15) is 44.2 Å². The molecule has 0 bridgehead atoms. The summed E-state index contributed by atoms with van der Waals surface area (Å²) in [6.07, 6.45) is 4.62. The largest absolute Gasteiger partial charge is 0.391 e. The molecule has 0 radical (unpaired) electrons. The van der Waals surface area contributed by atoms with Crippen LogP contribution in [0, 0.1) is 5.92 Å². The molecular formula is C24H34FN3O2. The molecule has 164 valence electrons. The number of aliphatic hydroxyl groups excluding tert-OH is 1. The van der Waals surface area contributed by atoms with Crippen LogP contribution in [0.15, 0.2) is 54.9 Å². The summed E-state index contributed by atoms with van der Waals surface area (Å²) in [5.74, 6) is -0.667. The van der Waals surface area contributed by atoms with Crippen molar-refractivity contribution in [3.63, 3.8) is 0 Å². The van der Waals surface area contributed by atoms with E-state index in [1.807, 2.05) is 42.5 Å². The summed E-state index contributed by atoms with van der Waals surface area (Å²) in [5.41, 5.74) is 6.89. The summed E-state index contributed by atoms with van der Waals surface area (Å²) in [6.45, 7) is 3.47. The third kappa shape index (κ3) is 9.01. The molecule has 0 saturated heterocycles. The van der Waals surface area contributed by atoms with Crippen LogP contribution in [0.3, 0.4) is 0 Å². The predicted molar refractivity (Wildman–Crippen MR) is 118 cm³/mol. The van der Waals surface area contributed by atoms with E-state index in [1.54, 1.807) is 12.4 Å². The van der Waals surface area contributed by atoms with Crippen LogP contribution in [0.4, 0.5) is 4.39 Å². The number of hydrogen-bond acceptors (Lipinski definition) is 4. The van der Waals surface area contributed by atoms with Crippen LogP contribution >= 0.6 is 0 Å². The average Bonchev–Trinajstić information content (AvgIpc) is 2.71. The molecule has 0 fully saturated rings. The number of carbonyl (C=O) groups excluding carboxylic acids is 1. The van der Waals surface area contributed by atoms with E-state index in [-0.39, 0.29) is 18.7 Å². The highest BCUT2D eigenvalue weighted by Gasteiger charge is 2.28. The Morgan fingerprint density at radius 2 is 1.90 bits per heavy atom. The van der Waals surface area contributed by atoms with Gasteiger partial charge in [0.25, 0.3) is 0 Å². The number of carbonyl (C=O) groups is 1. The first-order chi connectivity index (χ1) is 14.2. The molecule has 2 aromatic rings. The Labute approximate surface area is 178 Å². The van der Waals surface area contributed by atoms with E-state index < -0.39 is 23.7 Å². The Hall–Kier alpha value is -2.31. The Morgan fingerprint density at radius 1 is 1.20 bits per heavy atom. The van der Waals surface area contributed by atoms with Crippen LogP contribution in [-0.4, -0.2) is 40.4 Å². The van der Waals surface area contributed by atoms with Gasteiger partial charge in [-0.05, 0) is 63.1 Å². The lowest BCUT2D eigenvalue weighted by molar-refractivity contribution is -0.126. The fraction of sp³-hybridized carbons (Fsp3) is 0.500. The van der Waals surface area contributed by atoms with Gasteiger partial charge < -0.3 is 16.2 Å². The second-order valence-corrected chi connectivity index (χ2v) is 8.51. The zero-order chi connectivity index (χ0) is 22.0. The van der Waals surface area contributed by atoms with Crippen LogP contribution in [0.2, 0.25) is 0 Å². The van der Waals surface area contributed by atoms with Gasteiger partial charge in [0.15, 0.2) is 0 Å². The van der Waals surface area contributed by atoms with Gasteiger partial charge in [-0.25, -0.2) is 4.39 Å². The molecule has 4 N–H and O–H groups in total. The number of pyridine rings is 1. The highest BCUT2D eigenvalue weighted by atomic mass is 19.1. The molecule has 0 saturated carbocycles. The van der Waals surface area contributed by atoms with E-state index in [9.17, 15) is 14.3 Å². The molecule has 3 atom stereocenters. The highest BCUT2D eigenvalue weighted by molar-refractivity contribution is 5.78. The Morgan fingerprint density at radius 3 is 2.53 bits per heavy atom. The summed E-state index contributed by atoms with van der Waals surface area (Å²) < 4.78 is 14.0. The number of alkyl halides is 1. The summed E-state index contributed by atoms with van der Waals surface area (Å²) in [4.78, 5) is 16.8. The van der Waals surface area contributed by atoms with E-state index in [2.05, 4.69) is 10.3 Å². The van der Waals surface area contributed by atoms with E-state index in [0.29, 0.717) is 25.8 Å². The number of aliphatic hydroxyl groups is 1. The quantitative estimate of drug-likeness (QED) is 0.497. The van der Waals surface area contributed by atoms with Crippen molar-refractivity contribution in [1.82, 2.24) is 10.3 Å². The lowest BCUT2D eigenvalue weighted by Gasteiger charge is -2.25. The molecule has 5 nitrogen and oxygen atoms in total. The molecule has 0 aliphatic heterocycles. The minimum atomic E-state index is -1.37. The summed E-state index contributed by atoms with van der Waals surface area (Å²) in [5, 5.41) is 13.5. The standard InChI is InChI=1S/C24H34FN3O2/c1-24(2,25)12-10-20(23(30)28-14-11-19-9-6-13-27-17-19)16-22(29)21(26)15-18-7-4-3-5-8-18/h3-9,13,17,20-22,29H,10-12,14-16,26H2,1-2H3,(H,28,30)/t20-,21+,22+/m1/s1. The first kappa shape index (κ1) is 24.0. The van der Waals surface area contributed by atoms with Crippen LogP contribution in [-0.2, 0) is 17.6 Å². The summed E-state index contributed by atoms with van der Waals surface area (Å²) >= 11 is 0. The van der Waals surface area contributed by atoms with Gasteiger partial charge in [0, 0.05) is 30.9 Å². The maximum absolute atomic E-state index is 14.0. The lowest BCUT2D eigenvalue weighted by atomic mass is 9.88. The zero-order valence-electron chi connectivity index (χ0n) is 17.9. The predicted octanol–water partition coefficient (Wildman–Crippen LogP) is 3.21. The van der Waals surface area contributed by atoms with Crippen molar-refractivity contribution in [2.24, 2.45) is 11.7 Å². The SMILES string of the molecule is CC(C)(F)CC[C@H](C[C@H](O)[C@@H](N)Cc1ccccc1)C(=O)NCCc1cccnc1.